The van der Waals surface area contributed by atoms with Gasteiger partial charge in [-0.2, -0.15) is 10.2 Å². The molecule has 5 aromatic rings. The first-order valence-electron chi connectivity index (χ1n) is 12.4. The number of rotatable bonds is 5. The maximum atomic E-state index is 13.8. The van der Waals surface area contributed by atoms with Crippen molar-refractivity contribution in [1.29, 1.82) is 0 Å². The number of hydrogen-bond acceptors (Lipinski definition) is 4. The summed E-state index contributed by atoms with van der Waals surface area (Å²) in [5.74, 6) is -1.36. The summed E-state index contributed by atoms with van der Waals surface area (Å²) in [6.45, 7) is 1.81. The molecule has 0 aliphatic carbocycles. The Kier molecular flexibility index (Phi) is 6.15. The highest BCUT2D eigenvalue weighted by molar-refractivity contribution is 6.31. The van der Waals surface area contributed by atoms with Gasteiger partial charge >= 0.3 is 0 Å². The van der Waals surface area contributed by atoms with Crippen LogP contribution in [0.3, 0.4) is 0 Å². The van der Waals surface area contributed by atoms with Gasteiger partial charge in [0.15, 0.2) is 0 Å². The average molecular weight is 543 g/mol. The van der Waals surface area contributed by atoms with Crippen LogP contribution in [-0.2, 0) is 11.8 Å². The van der Waals surface area contributed by atoms with Crippen LogP contribution in [0.1, 0.15) is 29.0 Å². The van der Waals surface area contributed by atoms with Gasteiger partial charge in [-0.3, -0.25) is 14.3 Å². The zero-order chi connectivity index (χ0) is 27.3. The number of fused-ring (bicyclic) bond motifs is 1. The van der Waals surface area contributed by atoms with E-state index in [2.05, 4.69) is 15.5 Å². The zero-order valence-corrected chi connectivity index (χ0v) is 21.9. The third-order valence-corrected chi connectivity index (χ3v) is 7.50. The maximum Gasteiger partial charge on any atom is 0.272 e. The predicted octanol–water partition coefficient (Wildman–Crippen LogP) is 5.07. The highest BCUT2D eigenvalue weighted by atomic mass is 35.5. The van der Waals surface area contributed by atoms with E-state index in [9.17, 15) is 14.0 Å². The minimum absolute atomic E-state index is 0.142. The van der Waals surface area contributed by atoms with Gasteiger partial charge in [-0.15, -0.1) is 0 Å². The summed E-state index contributed by atoms with van der Waals surface area (Å²) in [5.41, 5.74) is 3.17. The molecule has 2 amide bonds. The second kappa shape index (κ2) is 9.67. The fraction of sp³-hybridized carbons (Fsp3) is 0.172. The predicted molar refractivity (Wildman–Crippen MR) is 146 cm³/mol. The number of halogens is 2. The van der Waals surface area contributed by atoms with E-state index in [0.717, 1.165) is 22.2 Å². The molecular weight excluding hydrogens is 519 g/mol. The van der Waals surface area contributed by atoms with Crippen LogP contribution in [0.2, 0.25) is 5.02 Å². The SMILES string of the molecule is C[C@H]1C(=O)N(c2ccc3c(cnn3-c3ccc(F)cc3)c2)[C@H](c2ccccc2Cl)[C@H]1NC(=O)c1ccn(C)n1. The van der Waals surface area contributed by atoms with Gasteiger partial charge in [0.05, 0.1) is 35.4 Å². The van der Waals surface area contributed by atoms with E-state index in [0.29, 0.717) is 10.7 Å². The lowest BCUT2D eigenvalue weighted by Crippen LogP contribution is -2.42. The molecule has 1 N–H and O–H groups in total. The lowest BCUT2D eigenvalue weighted by molar-refractivity contribution is -0.120. The van der Waals surface area contributed by atoms with Crippen molar-refractivity contribution in [3.63, 3.8) is 0 Å². The lowest BCUT2D eigenvalue weighted by atomic mass is 9.94. The van der Waals surface area contributed by atoms with E-state index in [1.54, 1.807) is 64.9 Å². The number of nitrogens with zero attached hydrogens (tertiary/aromatic N) is 5. The molecule has 8 nitrogen and oxygen atoms in total. The molecule has 0 unspecified atom stereocenters. The van der Waals surface area contributed by atoms with Gasteiger partial charge < -0.3 is 10.2 Å². The second-order valence-corrected chi connectivity index (χ2v) is 10.0. The average Bonchev–Trinajstić information content (AvgIpc) is 3.62. The molecule has 3 atom stereocenters. The van der Waals surface area contributed by atoms with Gasteiger partial charge in [-0.1, -0.05) is 36.7 Å². The van der Waals surface area contributed by atoms with E-state index in [4.69, 9.17) is 11.6 Å². The van der Waals surface area contributed by atoms with Crippen molar-refractivity contribution < 1.29 is 14.0 Å². The fourth-order valence-electron chi connectivity index (χ4n) is 5.20. The molecule has 1 aliphatic rings. The molecule has 39 heavy (non-hydrogen) atoms. The Bertz CT molecular complexity index is 1710. The first-order valence-corrected chi connectivity index (χ1v) is 12.8. The number of aromatic nitrogens is 4. The second-order valence-electron chi connectivity index (χ2n) is 9.61. The molecule has 3 aromatic carbocycles. The molecule has 0 spiro atoms. The van der Waals surface area contributed by atoms with E-state index < -0.39 is 18.0 Å². The van der Waals surface area contributed by atoms with Gasteiger partial charge in [-0.25, -0.2) is 9.07 Å². The van der Waals surface area contributed by atoms with Crippen LogP contribution in [0.15, 0.2) is 85.2 Å². The quantitative estimate of drug-likeness (QED) is 0.336. The molecule has 1 fully saturated rings. The van der Waals surface area contributed by atoms with Crippen molar-refractivity contribution in [3.05, 3.63) is 107 Å². The molecule has 0 radical (unpaired) electrons. The van der Waals surface area contributed by atoms with Crippen LogP contribution in [-0.4, -0.2) is 37.4 Å². The number of aryl methyl sites for hydroxylation is 1. The number of benzene rings is 3. The van der Waals surface area contributed by atoms with E-state index >= 15 is 0 Å². The zero-order valence-electron chi connectivity index (χ0n) is 21.1. The van der Waals surface area contributed by atoms with Crippen LogP contribution in [0.4, 0.5) is 10.1 Å². The third kappa shape index (κ3) is 4.34. The summed E-state index contributed by atoms with van der Waals surface area (Å²) in [6, 6.07) is 19.5. The van der Waals surface area contributed by atoms with Crippen LogP contribution in [0.5, 0.6) is 0 Å². The summed E-state index contributed by atoms with van der Waals surface area (Å²) in [4.78, 5) is 28.6. The summed E-state index contributed by atoms with van der Waals surface area (Å²) in [5, 5.41) is 13.0. The highest BCUT2D eigenvalue weighted by Crippen LogP contribution is 2.43. The number of carbonyl (C=O) groups excluding carboxylic acids is 2. The molecule has 3 heterocycles. The van der Waals surface area contributed by atoms with Gasteiger partial charge in [0.2, 0.25) is 5.91 Å². The van der Waals surface area contributed by atoms with E-state index in [1.807, 2.05) is 36.4 Å². The Labute approximate surface area is 228 Å². The minimum atomic E-state index is -0.565. The Hall–Kier alpha value is -4.50. The summed E-state index contributed by atoms with van der Waals surface area (Å²) in [6.07, 6.45) is 3.40. The van der Waals surface area contributed by atoms with Crippen molar-refractivity contribution in [3.8, 4) is 5.69 Å². The Balaban J connectivity index is 1.41. The number of amides is 2. The van der Waals surface area contributed by atoms with Crippen molar-refractivity contribution in [2.75, 3.05) is 4.90 Å². The first kappa shape index (κ1) is 24.8. The maximum absolute atomic E-state index is 13.8. The van der Waals surface area contributed by atoms with Gasteiger partial charge in [0, 0.05) is 29.3 Å². The van der Waals surface area contributed by atoms with E-state index in [1.165, 1.54) is 12.1 Å². The molecule has 0 bridgehead atoms. The van der Waals surface area contributed by atoms with Crippen molar-refractivity contribution >= 4 is 40.0 Å². The number of anilines is 1. The Morgan fingerprint density at radius 1 is 1.03 bits per heavy atom. The van der Waals surface area contributed by atoms with Gasteiger partial charge in [0.1, 0.15) is 11.5 Å². The van der Waals surface area contributed by atoms with Crippen molar-refractivity contribution in [2.24, 2.45) is 13.0 Å². The molecule has 2 aromatic heterocycles. The molecular formula is C29H24ClFN6O2. The Morgan fingerprint density at radius 3 is 2.49 bits per heavy atom. The highest BCUT2D eigenvalue weighted by Gasteiger charge is 2.48. The van der Waals surface area contributed by atoms with Gasteiger partial charge in [0.25, 0.3) is 5.91 Å². The molecule has 1 aliphatic heterocycles. The van der Waals surface area contributed by atoms with Crippen molar-refractivity contribution in [1.82, 2.24) is 24.9 Å². The summed E-state index contributed by atoms with van der Waals surface area (Å²) in [7, 11) is 1.74. The molecule has 196 valence electrons. The number of nitrogens with one attached hydrogen (secondary N) is 1. The minimum Gasteiger partial charge on any atom is -0.345 e. The largest absolute Gasteiger partial charge is 0.345 e. The smallest absolute Gasteiger partial charge is 0.272 e. The lowest BCUT2D eigenvalue weighted by Gasteiger charge is -2.30. The molecule has 6 rings (SSSR count). The molecule has 10 heteroatoms. The van der Waals surface area contributed by atoms with Gasteiger partial charge in [-0.05, 0) is 60.2 Å². The number of hydrogen-bond donors (Lipinski definition) is 1. The summed E-state index contributed by atoms with van der Waals surface area (Å²) >= 11 is 6.65. The normalized spacial score (nSPS) is 19.1. The van der Waals surface area contributed by atoms with Crippen LogP contribution < -0.4 is 10.2 Å². The molecule has 0 saturated carbocycles. The Morgan fingerprint density at radius 2 is 1.77 bits per heavy atom. The monoisotopic (exact) mass is 542 g/mol. The summed E-state index contributed by atoms with van der Waals surface area (Å²) < 4.78 is 16.7. The number of carbonyl (C=O) groups is 2. The van der Waals surface area contributed by atoms with E-state index in [-0.39, 0.29) is 23.3 Å². The fourth-order valence-corrected chi connectivity index (χ4v) is 5.45. The van der Waals surface area contributed by atoms with Crippen LogP contribution >= 0.6 is 11.6 Å². The third-order valence-electron chi connectivity index (χ3n) is 7.15. The van der Waals surface area contributed by atoms with Crippen molar-refractivity contribution in [2.45, 2.75) is 19.0 Å². The standard InChI is InChI=1S/C29H24ClFN6O2/c1-17-26(33-28(38)24-13-14-35(2)34-24)27(22-5-3-4-6-23(22)30)36(29(17)39)21-11-12-25-18(15-21)16-32-37(25)20-9-7-19(31)8-10-20/h3-17,26-27H,1-2H3,(H,33,38)/t17-,26+,27-/m1/s1. The molecule has 1 saturated heterocycles. The topological polar surface area (TPSA) is 85.0 Å². The van der Waals surface area contributed by atoms with Crippen LogP contribution in [0.25, 0.3) is 16.6 Å². The first-order chi connectivity index (χ1) is 18.8. The van der Waals surface area contributed by atoms with Crippen LogP contribution in [0, 0.1) is 11.7 Å².